The van der Waals surface area contributed by atoms with Gasteiger partial charge in [0, 0.05) is 25.3 Å². The SMILES string of the molecule is CCCCNC(=O)C(Cc1ccccc1)N(Cc1ccc(Cl)c(Cl)c1)C(=O)CSCc1ccc(Cl)c(Cl)c1. The van der Waals surface area contributed by atoms with E-state index >= 15 is 0 Å². The lowest BCUT2D eigenvalue weighted by molar-refractivity contribution is -0.139. The topological polar surface area (TPSA) is 49.4 Å². The molecule has 202 valence electrons. The van der Waals surface area contributed by atoms with Crippen molar-refractivity contribution in [1.82, 2.24) is 10.2 Å². The summed E-state index contributed by atoms with van der Waals surface area (Å²) in [6.07, 6.45) is 2.22. The van der Waals surface area contributed by atoms with Crippen LogP contribution in [0.5, 0.6) is 0 Å². The molecular formula is C29H30Cl4N2O2S. The minimum absolute atomic E-state index is 0.146. The molecule has 2 amide bonds. The summed E-state index contributed by atoms with van der Waals surface area (Å²) in [5.74, 6) is 0.447. The van der Waals surface area contributed by atoms with E-state index in [0.29, 0.717) is 38.8 Å². The highest BCUT2D eigenvalue weighted by Gasteiger charge is 2.30. The van der Waals surface area contributed by atoms with Crippen molar-refractivity contribution in [2.75, 3.05) is 12.3 Å². The van der Waals surface area contributed by atoms with Crippen LogP contribution in [0.15, 0.2) is 66.7 Å². The molecule has 0 bridgehead atoms. The van der Waals surface area contributed by atoms with Gasteiger partial charge in [0.25, 0.3) is 0 Å². The average Bonchev–Trinajstić information content (AvgIpc) is 2.90. The van der Waals surface area contributed by atoms with Gasteiger partial charge in [-0.05, 0) is 47.4 Å². The van der Waals surface area contributed by atoms with Crippen LogP contribution in [0.2, 0.25) is 20.1 Å². The number of carbonyl (C=O) groups is 2. The van der Waals surface area contributed by atoms with Gasteiger partial charge in [-0.1, -0.05) is 102 Å². The number of benzene rings is 3. The first-order chi connectivity index (χ1) is 18.3. The Balaban J connectivity index is 1.85. The molecule has 3 rings (SSSR count). The van der Waals surface area contributed by atoms with Crippen LogP contribution < -0.4 is 5.32 Å². The lowest BCUT2D eigenvalue weighted by Gasteiger charge is -2.31. The van der Waals surface area contributed by atoms with E-state index in [1.165, 1.54) is 11.8 Å². The van der Waals surface area contributed by atoms with Crippen molar-refractivity contribution in [1.29, 1.82) is 0 Å². The predicted octanol–water partition coefficient (Wildman–Crippen LogP) is 8.09. The van der Waals surface area contributed by atoms with Crippen LogP contribution in [-0.2, 0) is 28.3 Å². The summed E-state index contributed by atoms with van der Waals surface area (Å²) < 4.78 is 0. The zero-order valence-electron chi connectivity index (χ0n) is 21.1. The van der Waals surface area contributed by atoms with Gasteiger partial charge in [0.15, 0.2) is 0 Å². The average molecular weight is 612 g/mol. The monoisotopic (exact) mass is 610 g/mol. The number of unbranched alkanes of at least 4 members (excludes halogenated alkanes) is 1. The smallest absolute Gasteiger partial charge is 0.243 e. The molecule has 0 aromatic heterocycles. The molecule has 0 spiro atoms. The van der Waals surface area contributed by atoms with Crippen molar-refractivity contribution < 1.29 is 9.59 Å². The Hall–Kier alpha value is -1.89. The molecule has 0 aliphatic carbocycles. The maximum Gasteiger partial charge on any atom is 0.243 e. The third kappa shape index (κ3) is 9.39. The number of nitrogens with zero attached hydrogens (tertiary/aromatic N) is 1. The number of hydrogen-bond donors (Lipinski definition) is 1. The van der Waals surface area contributed by atoms with E-state index in [0.717, 1.165) is 29.5 Å². The van der Waals surface area contributed by atoms with Gasteiger partial charge in [0.2, 0.25) is 11.8 Å². The number of nitrogens with one attached hydrogen (secondary N) is 1. The number of thioether (sulfide) groups is 1. The van der Waals surface area contributed by atoms with Gasteiger partial charge in [0.05, 0.1) is 25.8 Å². The fraction of sp³-hybridized carbons (Fsp3) is 0.310. The van der Waals surface area contributed by atoms with Gasteiger partial charge >= 0.3 is 0 Å². The van der Waals surface area contributed by atoms with Crippen LogP contribution in [0, 0.1) is 0 Å². The van der Waals surface area contributed by atoms with E-state index in [1.807, 2.05) is 42.5 Å². The highest BCUT2D eigenvalue weighted by Crippen LogP contribution is 2.26. The Morgan fingerprint density at radius 2 is 1.47 bits per heavy atom. The molecule has 0 heterocycles. The maximum atomic E-state index is 13.7. The molecular weight excluding hydrogens is 582 g/mol. The second kappa shape index (κ2) is 15.6. The highest BCUT2D eigenvalue weighted by atomic mass is 35.5. The predicted molar refractivity (Wildman–Crippen MR) is 161 cm³/mol. The van der Waals surface area contributed by atoms with Crippen LogP contribution in [0.1, 0.15) is 36.5 Å². The minimum atomic E-state index is -0.693. The molecule has 3 aromatic rings. The first-order valence-corrected chi connectivity index (χ1v) is 15.0. The Bertz CT molecular complexity index is 1230. The largest absolute Gasteiger partial charge is 0.354 e. The van der Waals surface area contributed by atoms with Gasteiger partial charge in [-0.15, -0.1) is 11.8 Å². The number of amides is 2. The van der Waals surface area contributed by atoms with Crippen LogP contribution in [0.4, 0.5) is 0 Å². The van der Waals surface area contributed by atoms with Gasteiger partial charge < -0.3 is 10.2 Å². The fourth-order valence-electron chi connectivity index (χ4n) is 3.86. The molecule has 0 aliphatic rings. The summed E-state index contributed by atoms with van der Waals surface area (Å²) >= 11 is 26.0. The van der Waals surface area contributed by atoms with Crippen LogP contribution in [0.3, 0.4) is 0 Å². The zero-order valence-corrected chi connectivity index (χ0v) is 24.9. The summed E-state index contributed by atoms with van der Waals surface area (Å²) in [5, 5.41) is 4.82. The van der Waals surface area contributed by atoms with Crippen LogP contribution >= 0.6 is 58.2 Å². The lowest BCUT2D eigenvalue weighted by atomic mass is 10.0. The summed E-state index contributed by atoms with van der Waals surface area (Å²) in [6.45, 7) is 2.85. The first kappa shape index (κ1) is 30.6. The van der Waals surface area contributed by atoms with Crippen molar-refractivity contribution in [2.45, 2.75) is 44.5 Å². The second-order valence-corrected chi connectivity index (χ2v) is 11.5. The molecule has 0 aliphatic heterocycles. The van der Waals surface area contributed by atoms with Crippen molar-refractivity contribution >= 4 is 70.0 Å². The number of rotatable bonds is 13. The van der Waals surface area contributed by atoms with E-state index in [1.54, 1.807) is 29.2 Å². The van der Waals surface area contributed by atoms with E-state index in [2.05, 4.69) is 12.2 Å². The van der Waals surface area contributed by atoms with E-state index in [4.69, 9.17) is 46.4 Å². The number of carbonyl (C=O) groups excluding carboxylic acids is 2. The molecule has 1 unspecified atom stereocenters. The normalized spacial score (nSPS) is 11.7. The zero-order chi connectivity index (χ0) is 27.5. The molecule has 0 fully saturated rings. The molecule has 9 heteroatoms. The summed E-state index contributed by atoms with van der Waals surface area (Å²) in [5.41, 5.74) is 2.73. The summed E-state index contributed by atoms with van der Waals surface area (Å²) in [4.78, 5) is 28.8. The Morgan fingerprint density at radius 1 is 0.842 bits per heavy atom. The van der Waals surface area contributed by atoms with Crippen molar-refractivity contribution in [3.63, 3.8) is 0 Å². The fourth-order valence-corrected chi connectivity index (χ4v) is 5.36. The minimum Gasteiger partial charge on any atom is -0.354 e. The van der Waals surface area contributed by atoms with Crippen molar-refractivity contribution in [3.8, 4) is 0 Å². The van der Waals surface area contributed by atoms with Gasteiger partial charge in [-0.2, -0.15) is 0 Å². The van der Waals surface area contributed by atoms with Gasteiger partial charge in [0.1, 0.15) is 6.04 Å². The molecule has 4 nitrogen and oxygen atoms in total. The summed E-state index contributed by atoms with van der Waals surface area (Å²) in [6, 6.07) is 19.7. The van der Waals surface area contributed by atoms with Crippen molar-refractivity contribution in [2.24, 2.45) is 0 Å². The number of halogens is 4. The van der Waals surface area contributed by atoms with E-state index in [9.17, 15) is 9.59 Å². The summed E-state index contributed by atoms with van der Waals surface area (Å²) in [7, 11) is 0. The Labute approximate surface area is 249 Å². The van der Waals surface area contributed by atoms with Crippen LogP contribution in [-0.4, -0.2) is 35.1 Å². The molecule has 3 aromatic carbocycles. The highest BCUT2D eigenvalue weighted by molar-refractivity contribution is 7.99. The lowest BCUT2D eigenvalue weighted by Crippen LogP contribution is -2.51. The molecule has 1 N–H and O–H groups in total. The van der Waals surface area contributed by atoms with E-state index in [-0.39, 0.29) is 24.1 Å². The van der Waals surface area contributed by atoms with Crippen molar-refractivity contribution in [3.05, 3.63) is 104 Å². The second-order valence-electron chi connectivity index (χ2n) is 8.86. The Kier molecular flexibility index (Phi) is 12.6. The standard InChI is InChI=1S/C29H30Cl4N2O2S/c1-2-3-13-34-29(37)27(16-20-7-5-4-6-8-20)35(17-21-9-11-23(30)25(32)14-21)28(36)19-38-18-22-10-12-24(31)26(33)15-22/h4-12,14-15,27H,2-3,13,16-19H2,1H3,(H,34,37). The quantitative estimate of drug-likeness (QED) is 0.199. The molecule has 0 saturated heterocycles. The van der Waals surface area contributed by atoms with Gasteiger partial charge in [-0.25, -0.2) is 0 Å². The third-order valence-electron chi connectivity index (χ3n) is 5.92. The van der Waals surface area contributed by atoms with Gasteiger partial charge in [-0.3, -0.25) is 9.59 Å². The maximum absolute atomic E-state index is 13.7. The van der Waals surface area contributed by atoms with E-state index < -0.39 is 6.04 Å². The molecule has 0 saturated carbocycles. The Morgan fingerprint density at radius 3 is 2.11 bits per heavy atom. The molecule has 0 radical (unpaired) electrons. The first-order valence-electron chi connectivity index (χ1n) is 12.3. The number of hydrogen-bond acceptors (Lipinski definition) is 3. The molecule has 1 atom stereocenters. The van der Waals surface area contributed by atoms with Crippen LogP contribution in [0.25, 0.3) is 0 Å². The third-order valence-corrected chi connectivity index (χ3v) is 8.38. The molecule has 38 heavy (non-hydrogen) atoms.